The molecular weight excluding hydrogens is 258 g/mol. The van der Waals surface area contributed by atoms with Gasteiger partial charge in [0.1, 0.15) is 5.75 Å². The van der Waals surface area contributed by atoms with Gasteiger partial charge in [-0.1, -0.05) is 42.5 Å². The van der Waals surface area contributed by atoms with Crippen LogP contribution in [0.15, 0.2) is 60.7 Å². The van der Waals surface area contributed by atoms with Crippen LogP contribution in [0.1, 0.15) is 18.2 Å². The highest BCUT2D eigenvalue weighted by Gasteiger charge is 1.96. The van der Waals surface area contributed by atoms with Crippen molar-refractivity contribution in [3.63, 3.8) is 0 Å². The average Bonchev–Trinajstić information content (AvgIpc) is 2.53. The van der Waals surface area contributed by atoms with E-state index in [2.05, 4.69) is 29.3 Å². The van der Waals surface area contributed by atoms with Crippen molar-refractivity contribution in [3.05, 3.63) is 71.9 Å². The van der Waals surface area contributed by atoms with Crippen LogP contribution in [0.2, 0.25) is 0 Å². The van der Waals surface area contributed by atoms with E-state index in [0.717, 1.165) is 27.9 Å². The Labute approximate surface area is 124 Å². The predicted octanol–water partition coefficient (Wildman–Crippen LogP) is 4.80. The number of hydrogen-bond donors (Lipinski definition) is 0. The Morgan fingerprint density at radius 1 is 0.952 bits per heavy atom. The molecule has 104 valence electrons. The summed E-state index contributed by atoms with van der Waals surface area (Å²) in [6, 6.07) is 20.3. The second-order valence-corrected chi connectivity index (χ2v) is 4.77. The minimum Gasteiger partial charge on any atom is -0.494 e. The first-order valence-electron chi connectivity index (χ1n) is 7.12. The van der Waals surface area contributed by atoms with E-state index in [4.69, 9.17) is 4.74 Å². The van der Waals surface area contributed by atoms with Gasteiger partial charge >= 0.3 is 0 Å². The summed E-state index contributed by atoms with van der Waals surface area (Å²) in [6.07, 6.45) is 4.08. The van der Waals surface area contributed by atoms with Crippen LogP contribution in [0.25, 0.3) is 23.1 Å². The third kappa shape index (κ3) is 3.29. The number of fused-ring (bicyclic) bond motifs is 1. The van der Waals surface area contributed by atoms with Crippen molar-refractivity contribution in [2.24, 2.45) is 0 Å². The minimum atomic E-state index is 0.680. The monoisotopic (exact) mass is 275 g/mol. The van der Waals surface area contributed by atoms with Gasteiger partial charge in [-0.15, -0.1) is 0 Å². The van der Waals surface area contributed by atoms with E-state index in [-0.39, 0.29) is 0 Å². The van der Waals surface area contributed by atoms with Gasteiger partial charge < -0.3 is 4.74 Å². The predicted molar refractivity (Wildman–Crippen MR) is 88.3 cm³/mol. The summed E-state index contributed by atoms with van der Waals surface area (Å²) in [4.78, 5) is 4.63. The van der Waals surface area contributed by atoms with Crippen molar-refractivity contribution in [2.45, 2.75) is 6.92 Å². The Kier molecular flexibility index (Phi) is 3.97. The first kappa shape index (κ1) is 13.4. The molecule has 1 aromatic heterocycles. The lowest BCUT2D eigenvalue weighted by Gasteiger charge is -2.03. The Balaban J connectivity index is 1.85. The molecule has 3 aromatic rings. The van der Waals surface area contributed by atoms with Crippen molar-refractivity contribution in [3.8, 4) is 5.75 Å². The number of nitrogens with zero attached hydrogens (tertiary/aromatic N) is 1. The fourth-order valence-electron chi connectivity index (χ4n) is 2.23. The van der Waals surface area contributed by atoms with Crippen LogP contribution in [-0.4, -0.2) is 11.6 Å². The SMILES string of the molecule is CCOc1cccc(/C=C/c2ccc3ccccc3n2)c1. The fourth-order valence-corrected chi connectivity index (χ4v) is 2.23. The minimum absolute atomic E-state index is 0.680. The molecule has 0 fully saturated rings. The summed E-state index contributed by atoms with van der Waals surface area (Å²) in [5.74, 6) is 0.895. The van der Waals surface area contributed by atoms with E-state index >= 15 is 0 Å². The van der Waals surface area contributed by atoms with Crippen LogP contribution >= 0.6 is 0 Å². The topological polar surface area (TPSA) is 22.1 Å². The first-order chi connectivity index (χ1) is 10.3. The number of benzene rings is 2. The van der Waals surface area contributed by atoms with Crippen molar-refractivity contribution in [2.75, 3.05) is 6.61 Å². The molecule has 3 rings (SSSR count). The Morgan fingerprint density at radius 2 is 1.86 bits per heavy atom. The largest absolute Gasteiger partial charge is 0.494 e. The standard InChI is InChI=1S/C19H17NO/c1-2-21-18-8-5-6-15(14-18)10-12-17-13-11-16-7-3-4-9-19(16)20-17/h3-14H,2H2,1H3/b12-10+. The molecule has 0 aliphatic carbocycles. The zero-order valence-electron chi connectivity index (χ0n) is 12.0. The van der Waals surface area contributed by atoms with Crippen LogP contribution in [0.3, 0.4) is 0 Å². The van der Waals surface area contributed by atoms with E-state index in [1.807, 2.05) is 55.5 Å². The van der Waals surface area contributed by atoms with Crippen LogP contribution in [0, 0.1) is 0 Å². The fraction of sp³-hybridized carbons (Fsp3) is 0.105. The zero-order valence-corrected chi connectivity index (χ0v) is 12.0. The molecule has 21 heavy (non-hydrogen) atoms. The molecule has 0 aliphatic rings. The number of aromatic nitrogens is 1. The lowest BCUT2D eigenvalue weighted by Crippen LogP contribution is -1.90. The van der Waals surface area contributed by atoms with Gasteiger partial charge in [0.2, 0.25) is 0 Å². The summed E-state index contributed by atoms with van der Waals surface area (Å²) in [7, 11) is 0. The third-order valence-electron chi connectivity index (χ3n) is 3.24. The van der Waals surface area contributed by atoms with Gasteiger partial charge in [0, 0.05) is 5.39 Å². The number of para-hydroxylation sites is 1. The lowest BCUT2D eigenvalue weighted by atomic mass is 10.1. The van der Waals surface area contributed by atoms with Gasteiger partial charge in [-0.25, -0.2) is 4.98 Å². The summed E-state index contributed by atoms with van der Waals surface area (Å²) in [5.41, 5.74) is 3.08. The summed E-state index contributed by atoms with van der Waals surface area (Å²) in [5, 5.41) is 1.16. The second kappa shape index (κ2) is 6.23. The zero-order chi connectivity index (χ0) is 14.5. The summed E-state index contributed by atoms with van der Waals surface area (Å²) in [6.45, 7) is 2.67. The Hall–Kier alpha value is -2.61. The van der Waals surface area contributed by atoms with Crippen molar-refractivity contribution in [1.82, 2.24) is 4.98 Å². The van der Waals surface area contributed by atoms with Gasteiger partial charge in [0.15, 0.2) is 0 Å². The summed E-state index contributed by atoms with van der Waals surface area (Å²) < 4.78 is 5.51. The van der Waals surface area contributed by atoms with E-state index in [1.54, 1.807) is 0 Å². The van der Waals surface area contributed by atoms with Gasteiger partial charge in [0.25, 0.3) is 0 Å². The molecule has 0 spiro atoms. The molecule has 0 unspecified atom stereocenters. The quantitative estimate of drug-likeness (QED) is 0.682. The van der Waals surface area contributed by atoms with E-state index in [9.17, 15) is 0 Å². The van der Waals surface area contributed by atoms with E-state index in [1.165, 1.54) is 0 Å². The maximum Gasteiger partial charge on any atom is 0.119 e. The molecule has 0 saturated heterocycles. The molecule has 1 heterocycles. The molecule has 0 saturated carbocycles. The normalized spacial score (nSPS) is 11.1. The van der Waals surface area contributed by atoms with Gasteiger partial charge in [-0.3, -0.25) is 0 Å². The highest BCUT2D eigenvalue weighted by molar-refractivity contribution is 5.80. The van der Waals surface area contributed by atoms with Crippen LogP contribution in [0.5, 0.6) is 5.75 Å². The molecular formula is C19H17NO. The van der Waals surface area contributed by atoms with Gasteiger partial charge in [0.05, 0.1) is 17.8 Å². The van der Waals surface area contributed by atoms with E-state index in [0.29, 0.717) is 6.61 Å². The number of hydrogen-bond acceptors (Lipinski definition) is 2. The van der Waals surface area contributed by atoms with Crippen LogP contribution in [0.4, 0.5) is 0 Å². The third-order valence-corrected chi connectivity index (χ3v) is 3.24. The summed E-state index contributed by atoms with van der Waals surface area (Å²) >= 11 is 0. The molecule has 2 heteroatoms. The van der Waals surface area contributed by atoms with E-state index < -0.39 is 0 Å². The smallest absolute Gasteiger partial charge is 0.119 e. The van der Waals surface area contributed by atoms with Crippen molar-refractivity contribution >= 4 is 23.1 Å². The molecule has 0 aliphatic heterocycles. The maximum absolute atomic E-state index is 5.51. The Bertz CT molecular complexity index is 777. The van der Waals surface area contributed by atoms with Crippen LogP contribution in [-0.2, 0) is 0 Å². The first-order valence-corrected chi connectivity index (χ1v) is 7.12. The molecule has 2 nitrogen and oxygen atoms in total. The molecule has 0 bridgehead atoms. The highest BCUT2D eigenvalue weighted by Crippen LogP contribution is 2.17. The molecule has 0 radical (unpaired) electrons. The molecule has 0 N–H and O–H groups in total. The lowest BCUT2D eigenvalue weighted by molar-refractivity contribution is 0.340. The van der Waals surface area contributed by atoms with Gasteiger partial charge in [-0.05, 0) is 42.8 Å². The number of pyridine rings is 1. The van der Waals surface area contributed by atoms with Gasteiger partial charge in [-0.2, -0.15) is 0 Å². The maximum atomic E-state index is 5.51. The number of ether oxygens (including phenoxy) is 1. The molecule has 0 atom stereocenters. The van der Waals surface area contributed by atoms with Crippen LogP contribution < -0.4 is 4.74 Å². The Morgan fingerprint density at radius 3 is 2.76 bits per heavy atom. The van der Waals surface area contributed by atoms with Crippen molar-refractivity contribution < 1.29 is 4.74 Å². The van der Waals surface area contributed by atoms with Crippen molar-refractivity contribution in [1.29, 1.82) is 0 Å². The molecule has 2 aromatic carbocycles. The number of rotatable bonds is 4. The second-order valence-electron chi connectivity index (χ2n) is 4.77. The molecule has 0 amide bonds. The highest BCUT2D eigenvalue weighted by atomic mass is 16.5. The average molecular weight is 275 g/mol.